The molecule has 0 bridgehead atoms. The van der Waals surface area contributed by atoms with Crippen LogP contribution in [-0.2, 0) is 16.1 Å². The number of nitrogens with one attached hydrogen (secondary N) is 1. The molecule has 3 aliphatic heterocycles. The normalized spacial score (nSPS) is 20.6. The van der Waals surface area contributed by atoms with Crippen LogP contribution in [-0.4, -0.2) is 47.9 Å². The van der Waals surface area contributed by atoms with Crippen molar-refractivity contribution in [3.8, 4) is 11.5 Å². The second kappa shape index (κ2) is 7.51. The molecule has 0 aliphatic carbocycles. The lowest BCUT2D eigenvalue weighted by molar-refractivity contribution is -0.122. The van der Waals surface area contributed by atoms with Crippen molar-refractivity contribution in [3.05, 3.63) is 23.8 Å². The number of nitrogens with zero attached hydrogens (tertiary/aromatic N) is 4. The smallest absolute Gasteiger partial charge is 0.243 e. The molecule has 10 heteroatoms. The summed E-state index contributed by atoms with van der Waals surface area (Å²) in [6.07, 6.45) is 3.09. The molecule has 1 N–H and O–H groups in total. The van der Waals surface area contributed by atoms with Gasteiger partial charge in [-0.25, -0.2) is 0 Å². The minimum atomic E-state index is -0.279. The highest BCUT2D eigenvalue weighted by Crippen LogP contribution is 2.34. The largest absolute Gasteiger partial charge is 0.454 e. The maximum absolute atomic E-state index is 12.8. The fourth-order valence-electron chi connectivity index (χ4n) is 3.91. The average Bonchev–Trinajstić information content (AvgIpc) is 3.51. The summed E-state index contributed by atoms with van der Waals surface area (Å²) in [6.45, 7) is 2.09. The van der Waals surface area contributed by atoms with Crippen molar-refractivity contribution in [2.24, 2.45) is 0 Å². The van der Waals surface area contributed by atoms with Gasteiger partial charge in [-0.2, -0.15) is 0 Å². The van der Waals surface area contributed by atoms with Crippen molar-refractivity contribution >= 4 is 33.4 Å². The van der Waals surface area contributed by atoms with Crippen LogP contribution < -0.4 is 24.6 Å². The van der Waals surface area contributed by atoms with Crippen LogP contribution in [0.5, 0.6) is 11.5 Å². The summed E-state index contributed by atoms with van der Waals surface area (Å²) in [5.74, 6) is 1.49. The topological polar surface area (TPSA) is 96.9 Å². The molecule has 2 aromatic rings. The van der Waals surface area contributed by atoms with Gasteiger partial charge in [0, 0.05) is 26.1 Å². The molecular weight excluding hydrogens is 394 g/mol. The number of amides is 2. The van der Waals surface area contributed by atoms with Crippen molar-refractivity contribution in [2.45, 2.75) is 38.3 Å². The van der Waals surface area contributed by atoms with Crippen LogP contribution in [0.1, 0.15) is 31.2 Å². The molecule has 1 aromatic carbocycles. The average molecular weight is 415 g/mol. The number of carbonyl (C=O) groups is 2. The van der Waals surface area contributed by atoms with Crippen LogP contribution in [0.15, 0.2) is 18.2 Å². The number of carbonyl (C=O) groups excluding carboxylic acids is 2. The van der Waals surface area contributed by atoms with Gasteiger partial charge in [-0.15, -0.1) is 10.2 Å². The number of aromatic nitrogens is 2. The first kappa shape index (κ1) is 18.2. The summed E-state index contributed by atoms with van der Waals surface area (Å²) in [5, 5.41) is 12.8. The Morgan fingerprint density at radius 3 is 2.90 bits per heavy atom. The zero-order valence-corrected chi connectivity index (χ0v) is 16.6. The predicted octanol–water partition coefficient (Wildman–Crippen LogP) is 1.68. The van der Waals surface area contributed by atoms with E-state index in [4.69, 9.17) is 9.47 Å². The van der Waals surface area contributed by atoms with Gasteiger partial charge in [0.15, 0.2) is 11.5 Å². The van der Waals surface area contributed by atoms with Crippen molar-refractivity contribution in [1.29, 1.82) is 0 Å². The van der Waals surface area contributed by atoms with E-state index in [1.807, 2.05) is 23.1 Å². The van der Waals surface area contributed by atoms with E-state index in [0.29, 0.717) is 35.5 Å². The fourth-order valence-corrected chi connectivity index (χ4v) is 4.88. The minimum Gasteiger partial charge on any atom is -0.454 e. The Bertz CT molecular complexity index is 948. The highest BCUT2D eigenvalue weighted by atomic mass is 32.1. The summed E-state index contributed by atoms with van der Waals surface area (Å²) >= 11 is 1.38. The molecule has 1 aromatic heterocycles. The maximum atomic E-state index is 12.8. The van der Waals surface area contributed by atoms with Crippen molar-refractivity contribution in [2.75, 3.05) is 29.7 Å². The van der Waals surface area contributed by atoms with E-state index in [9.17, 15) is 9.59 Å². The summed E-state index contributed by atoms with van der Waals surface area (Å²) in [5.41, 5.74) is 0.956. The van der Waals surface area contributed by atoms with Crippen LogP contribution in [0, 0.1) is 0 Å². The lowest BCUT2D eigenvalue weighted by atomic mass is 10.1. The third kappa shape index (κ3) is 3.48. The Labute approximate surface area is 171 Å². The second-order valence-electron chi connectivity index (χ2n) is 7.27. The van der Waals surface area contributed by atoms with E-state index in [-0.39, 0.29) is 24.6 Å². The van der Waals surface area contributed by atoms with Gasteiger partial charge in [0.1, 0.15) is 6.04 Å². The van der Waals surface area contributed by atoms with Gasteiger partial charge in [0.25, 0.3) is 0 Å². The highest BCUT2D eigenvalue weighted by Gasteiger charge is 2.34. The van der Waals surface area contributed by atoms with Gasteiger partial charge in [0.2, 0.25) is 28.9 Å². The monoisotopic (exact) mass is 415 g/mol. The van der Waals surface area contributed by atoms with E-state index in [1.54, 1.807) is 4.90 Å². The van der Waals surface area contributed by atoms with Gasteiger partial charge in [0.05, 0.1) is 0 Å². The number of ether oxygens (including phenoxy) is 2. The van der Waals surface area contributed by atoms with E-state index in [2.05, 4.69) is 15.5 Å². The lowest BCUT2D eigenvalue weighted by Gasteiger charge is -2.22. The molecule has 0 radical (unpaired) electrons. The summed E-state index contributed by atoms with van der Waals surface area (Å²) in [6, 6.07) is 5.39. The van der Waals surface area contributed by atoms with Gasteiger partial charge in [-0.05, 0) is 37.0 Å². The maximum Gasteiger partial charge on any atom is 0.243 e. The molecule has 1 atom stereocenters. The van der Waals surface area contributed by atoms with Crippen LogP contribution in [0.4, 0.5) is 10.3 Å². The van der Waals surface area contributed by atoms with E-state index in [0.717, 1.165) is 37.1 Å². The van der Waals surface area contributed by atoms with E-state index < -0.39 is 0 Å². The summed E-state index contributed by atoms with van der Waals surface area (Å²) in [4.78, 5) is 28.5. The quantitative estimate of drug-likeness (QED) is 0.794. The molecule has 152 valence electrons. The predicted molar refractivity (Wildman–Crippen MR) is 106 cm³/mol. The second-order valence-corrected chi connectivity index (χ2v) is 8.21. The van der Waals surface area contributed by atoms with Crippen LogP contribution in [0.25, 0.3) is 0 Å². The number of hydrogen-bond acceptors (Lipinski definition) is 8. The Hall–Kier alpha value is -2.88. The summed E-state index contributed by atoms with van der Waals surface area (Å²) < 4.78 is 10.7. The molecule has 2 fully saturated rings. The molecule has 4 heterocycles. The molecule has 0 saturated carbocycles. The number of anilines is 2. The molecule has 5 rings (SSSR count). The van der Waals surface area contributed by atoms with Crippen LogP contribution >= 0.6 is 11.3 Å². The van der Waals surface area contributed by atoms with Crippen molar-refractivity contribution in [3.63, 3.8) is 0 Å². The Balaban J connectivity index is 1.24. The number of rotatable bonds is 5. The number of hydrogen-bond donors (Lipinski definition) is 1. The molecule has 3 aliphatic rings. The Morgan fingerprint density at radius 2 is 2.03 bits per heavy atom. The lowest BCUT2D eigenvalue weighted by Crippen LogP contribution is -2.43. The zero-order chi connectivity index (χ0) is 19.8. The molecular formula is C19H21N5O4S. The fraction of sp³-hybridized carbons (Fsp3) is 0.474. The van der Waals surface area contributed by atoms with Crippen LogP contribution in [0.3, 0.4) is 0 Å². The van der Waals surface area contributed by atoms with Crippen molar-refractivity contribution in [1.82, 2.24) is 15.5 Å². The first-order valence-corrected chi connectivity index (χ1v) is 10.6. The third-order valence-corrected chi connectivity index (χ3v) is 6.40. The SMILES string of the molecule is O=C(NCc1ccc2c(c1)OCO2)[C@H]1CCCN1c1nnc(N2CCCC2=O)s1. The first-order valence-electron chi connectivity index (χ1n) is 9.76. The van der Waals surface area contributed by atoms with Crippen LogP contribution in [0.2, 0.25) is 0 Å². The number of benzene rings is 1. The molecule has 2 amide bonds. The molecule has 29 heavy (non-hydrogen) atoms. The first-order chi connectivity index (χ1) is 14.2. The highest BCUT2D eigenvalue weighted by molar-refractivity contribution is 7.19. The van der Waals surface area contributed by atoms with E-state index >= 15 is 0 Å². The van der Waals surface area contributed by atoms with E-state index in [1.165, 1.54) is 11.3 Å². The Kier molecular flexibility index (Phi) is 4.70. The van der Waals surface area contributed by atoms with Gasteiger partial charge in [-0.3, -0.25) is 14.5 Å². The van der Waals surface area contributed by atoms with Gasteiger partial charge >= 0.3 is 0 Å². The van der Waals surface area contributed by atoms with Crippen molar-refractivity contribution < 1.29 is 19.1 Å². The third-order valence-electron chi connectivity index (χ3n) is 5.41. The molecule has 0 spiro atoms. The Morgan fingerprint density at radius 1 is 1.17 bits per heavy atom. The standard InChI is InChI=1S/C19H21N5O4S/c25-16-4-2-8-24(16)19-22-21-18(29-19)23-7-1-3-13(23)17(26)20-10-12-5-6-14-15(9-12)28-11-27-14/h5-6,9,13H,1-4,7-8,10-11H2,(H,20,26)/t13-/m1/s1. The minimum absolute atomic E-state index is 0.0332. The molecule has 9 nitrogen and oxygen atoms in total. The summed E-state index contributed by atoms with van der Waals surface area (Å²) in [7, 11) is 0. The molecule has 2 saturated heterocycles. The number of fused-ring (bicyclic) bond motifs is 1. The zero-order valence-electron chi connectivity index (χ0n) is 15.8. The van der Waals surface area contributed by atoms with Gasteiger partial charge in [-0.1, -0.05) is 17.4 Å². The molecule has 0 unspecified atom stereocenters. The van der Waals surface area contributed by atoms with Gasteiger partial charge < -0.3 is 19.7 Å².